The van der Waals surface area contributed by atoms with Crippen LogP contribution < -0.4 is 11.1 Å². The van der Waals surface area contributed by atoms with Crippen LogP contribution in [0.5, 0.6) is 0 Å². The van der Waals surface area contributed by atoms with Gasteiger partial charge in [-0.15, -0.1) is 11.3 Å². The SMILES string of the molecule is NC(C(=O)NCC1CCCCS1)c1cccs1. The van der Waals surface area contributed by atoms with Crippen molar-refractivity contribution < 1.29 is 4.79 Å². The van der Waals surface area contributed by atoms with Crippen molar-refractivity contribution in [3.63, 3.8) is 0 Å². The zero-order chi connectivity index (χ0) is 12.1. The van der Waals surface area contributed by atoms with E-state index in [1.807, 2.05) is 29.3 Å². The lowest BCUT2D eigenvalue weighted by Crippen LogP contribution is -2.38. The van der Waals surface area contributed by atoms with Crippen LogP contribution in [0.3, 0.4) is 0 Å². The molecule has 0 bridgehead atoms. The van der Waals surface area contributed by atoms with E-state index >= 15 is 0 Å². The highest BCUT2D eigenvalue weighted by molar-refractivity contribution is 7.99. The van der Waals surface area contributed by atoms with Crippen molar-refractivity contribution in [2.45, 2.75) is 30.6 Å². The highest BCUT2D eigenvalue weighted by Gasteiger charge is 2.19. The second-order valence-electron chi connectivity index (χ2n) is 4.23. The van der Waals surface area contributed by atoms with E-state index in [0.717, 1.165) is 11.4 Å². The van der Waals surface area contributed by atoms with Crippen molar-refractivity contribution in [1.29, 1.82) is 0 Å². The first-order valence-electron chi connectivity index (χ1n) is 5.95. The van der Waals surface area contributed by atoms with Crippen molar-refractivity contribution in [2.24, 2.45) is 5.73 Å². The number of amides is 1. The molecule has 2 rings (SSSR count). The Labute approximate surface area is 110 Å². The normalized spacial score (nSPS) is 22.1. The van der Waals surface area contributed by atoms with Crippen LogP contribution in [0, 0.1) is 0 Å². The summed E-state index contributed by atoms with van der Waals surface area (Å²) >= 11 is 3.49. The van der Waals surface area contributed by atoms with Crippen molar-refractivity contribution in [2.75, 3.05) is 12.3 Å². The minimum absolute atomic E-state index is 0.0568. The van der Waals surface area contributed by atoms with Gasteiger partial charge in [0, 0.05) is 16.7 Å². The topological polar surface area (TPSA) is 55.1 Å². The van der Waals surface area contributed by atoms with Crippen molar-refractivity contribution in [3.8, 4) is 0 Å². The molecule has 2 atom stereocenters. The molecule has 0 spiro atoms. The summed E-state index contributed by atoms with van der Waals surface area (Å²) in [5, 5.41) is 5.48. The molecule has 17 heavy (non-hydrogen) atoms. The molecule has 5 heteroatoms. The number of nitrogens with two attached hydrogens (primary N) is 1. The average molecular weight is 270 g/mol. The molecule has 2 unspecified atom stereocenters. The van der Waals surface area contributed by atoms with E-state index in [9.17, 15) is 4.79 Å². The van der Waals surface area contributed by atoms with E-state index in [0.29, 0.717) is 5.25 Å². The van der Waals surface area contributed by atoms with Gasteiger partial charge in [-0.1, -0.05) is 12.5 Å². The summed E-state index contributed by atoms with van der Waals surface area (Å²) in [6.45, 7) is 0.753. The quantitative estimate of drug-likeness (QED) is 0.881. The van der Waals surface area contributed by atoms with Crippen LogP contribution in [0.1, 0.15) is 30.2 Å². The summed E-state index contributed by atoms with van der Waals surface area (Å²) in [5.74, 6) is 1.16. The number of carbonyl (C=O) groups excluding carboxylic acids is 1. The van der Waals surface area contributed by atoms with E-state index in [1.165, 1.54) is 36.4 Å². The third-order valence-corrected chi connectivity index (χ3v) is 5.26. The van der Waals surface area contributed by atoms with Gasteiger partial charge in [-0.2, -0.15) is 11.8 Å². The molecule has 0 radical (unpaired) electrons. The predicted molar refractivity (Wildman–Crippen MR) is 74.4 cm³/mol. The Hall–Kier alpha value is -0.520. The van der Waals surface area contributed by atoms with Crippen molar-refractivity contribution >= 4 is 29.0 Å². The maximum Gasteiger partial charge on any atom is 0.242 e. The fraction of sp³-hybridized carbons (Fsp3) is 0.583. The number of carbonyl (C=O) groups is 1. The average Bonchev–Trinajstić information content (AvgIpc) is 2.90. The van der Waals surface area contributed by atoms with Crippen LogP contribution in [0.15, 0.2) is 17.5 Å². The lowest BCUT2D eigenvalue weighted by molar-refractivity contribution is -0.122. The van der Waals surface area contributed by atoms with E-state index in [4.69, 9.17) is 5.73 Å². The van der Waals surface area contributed by atoms with Gasteiger partial charge in [0.25, 0.3) is 0 Å². The monoisotopic (exact) mass is 270 g/mol. The van der Waals surface area contributed by atoms with Gasteiger partial charge in [0.15, 0.2) is 0 Å². The predicted octanol–water partition coefficient (Wildman–Crippen LogP) is 2.15. The zero-order valence-electron chi connectivity index (χ0n) is 9.72. The van der Waals surface area contributed by atoms with Crippen LogP contribution >= 0.6 is 23.1 Å². The molecule has 1 aromatic rings. The molecule has 1 aromatic heterocycles. The Kier molecular flexibility index (Phi) is 4.88. The molecule has 1 amide bonds. The van der Waals surface area contributed by atoms with Gasteiger partial charge >= 0.3 is 0 Å². The lowest BCUT2D eigenvalue weighted by Gasteiger charge is -2.22. The second-order valence-corrected chi connectivity index (χ2v) is 6.61. The Morgan fingerprint density at radius 2 is 2.47 bits per heavy atom. The zero-order valence-corrected chi connectivity index (χ0v) is 11.4. The molecular formula is C12H18N2OS2. The maximum atomic E-state index is 11.8. The number of hydrogen-bond acceptors (Lipinski definition) is 4. The van der Waals surface area contributed by atoms with Gasteiger partial charge in [0.05, 0.1) is 0 Å². The summed E-state index contributed by atoms with van der Waals surface area (Å²) < 4.78 is 0. The lowest BCUT2D eigenvalue weighted by atomic mass is 10.2. The number of thiophene rings is 1. The number of rotatable bonds is 4. The summed E-state index contributed by atoms with van der Waals surface area (Å²) in [5.41, 5.74) is 5.89. The Bertz CT molecular complexity index is 347. The fourth-order valence-corrected chi connectivity index (χ4v) is 3.85. The molecule has 1 saturated heterocycles. The molecule has 2 heterocycles. The van der Waals surface area contributed by atoms with E-state index in [1.54, 1.807) is 0 Å². The first-order valence-corrected chi connectivity index (χ1v) is 7.88. The Balaban J connectivity index is 1.76. The van der Waals surface area contributed by atoms with Crippen LogP contribution in [0.4, 0.5) is 0 Å². The second kappa shape index (κ2) is 6.42. The minimum Gasteiger partial charge on any atom is -0.353 e. The van der Waals surface area contributed by atoms with Crippen molar-refractivity contribution in [1.82, 2.24) is 5.32 Å². The molecule has 3 nitrogen and oxygen atoms in total. The number of thioether (sulfide) groups is 1. The van der Waals surface area contributed by atoms with Crippen LogP contribution in [-0.2, 0) is 4.79 Å². The highest BCUT2D eigenvalue weighted by atomic mass is 32.2. The molecule has 1 aliphatic heterocycles. The van der Waals surface area contributed by atoms with E-state index in [2.05, 4.69) is 5.32 Å². The standard InChI is InChI=1S/C12H18N2OS2/c13-11(10-5-3-7-17-10)12(15)14-8-9-4-1-2-6-16-9/h3,5,7,9,11H,1-2,4,6,8,13H2,(H,14,15). The molecular weight excluding hydrogens is 252 g/mol. The van der Waals surface area contributed by atoms with Gasteiger partial charge in [0.2, 0.25) is 5.91 Å². The third-order valence-electron chi connectivity index (χ3n) is 2.91. The first-order chi connectivity index (χ1) is 8.27. The fourth-order valence-electron chi connectivity index (χ4n) is 1.89. The first kappa shape index (κ1) is 12.9. The largest absolute Gasteiger partial charge is 0.353 e. The smallest absolute Gasteiger partial charge is 0.242 e. The van der Waals surface area contributed by atoms with Crippen LogP contribution in [-0.4, -0.2) is 23.5 Å². The maximum absolute atomic E-state index is 11.8. The van der Waals surface area contributed by atoms with Gasteiger partial charge in [-0.05, 0) is 30.0 Å². The Morgan fingerprint density at radius 3 is 3.12 bits per heavy atom. The number of hydrogen-bond donors (Lipinski definition) is 2. The van der Waals surface area contributed by atoms with Gasteiger partial charge in [-0.3, -0.25) is 4.79 Å². The molecule has 94 valence electrons. The third kappa shape index (κ3) is 3.72. The molecule has 0 aliphatic carbocycles. The van der Waals surface area contributed by atoms with E-state index in [-0.39, 0.29) is 5.91 Å². The summed E-state index contributed by atoms with van der Waals surface area (Å²) in [7, 11) is 0. The summed E-state index contributed by atoms with van der Waals surface area (Å²) in [4.78, 5) is 12.8. The van der Waals surface area contributed by atoms with Crippen LogP contribution in [0.2, 0.25) is 0 Å². The van der Waals surface area contributed by atoms with Gasteiger partial charge in [0.1, 0.15) is 6.04 Å². The minimum atomic E-state index is -0.511. The molecule has 0 saturated carbocycles. The highest BCUT2D eigenvalue weighted by Crippen LogP contribution is 2.24. The number of nitrogens with one attached hydrogen (secondary N) is 1. The van der Waals surface area contributed by atoms with Gasteiger partial charge < -0.3 is 11.1 Å². The van der Waals surface area contributed by atoms with Crippen molar-refractivity contribution in [3.05, 3.63) is 22.4 Å². The van der Waals surface area contributed by atoms with Crippen LogP contribution in [0.25, 0.3) is 0 Å². The summed E-state index contributed by atoms with van der Waals surface area (Å²) in [6.07, 6.45) is 3.80. The van der Waals surface area contributed by atoms with E-state index < -0.39 is 6.04 Å². The summed E-state index contributed by atoms with van der Waals surface area (Å²) in [6, 6.07) is 3.32. The molecule has 1 fully saturated rings. The van der Waals surface area contributed by atoms with Gasteiger partial charge in [-0.25, -0.2) is 0 Å². The molecule has 1 aliphatic rings. The Morgan fingerprint density at radius 1 is 1.59 bits per heavy atom. The molecule has 3 N–H and O–H groups in total. The molecule has 0 aromatic carbocycles.